The fourth-order valence-electron chi connectivity index (χ4n) is 4.33. The number of fused-ring (bicyclic) bond motifs is 1. The van der Waals surface area contributed by atoms with E-state index in [1.54, 1.807) is 6.20 Å². The number of carbonyl (C=O) groups is 1. The molecule has 0 radical (unpaired) electrons. The Hall–Kier alpha value is -3.67. The number of nitrogens with one attached hydrogen (secondary N) is 1. The van der Waals surface area contributed by atoms with E-state index in [0.29, 0.717) is 17.6 Å². The number of hydrogen-bond donors (Lipinski definition) is 1. The highest BCUT2D eigenvalue weighted by Gasteiger charge is 2.24. The van der Waals surface area contributed by atoms with Crippen LogP contribution in [0.4, 0.5) is 0 Å². The van der Waals surface area contributed by atoms with Crippen molar-refractivity contribution in [1.29, 1.82) is 0 Å². The monoisotopic (exact) mass is 428 g/mol. The highest BCUT2D eigenvalue weighted by atomic mass is 16.2. The van der Waals surface area contributed by atoms with Crippen LogP contribution in [0.15, 0.2) is 71.7 Å². The Morgan fingerprint density at radius 1 is 0.969 bits per heavy atom. The largest absolute Gasteiger partial charge is 0.354 e. The Kier molecular flexibility index (Phi) is 5.95. The lowest BCUT2D eigenvalue weighted by atomic mass is 10.0. The molecule has 0 aliphatic rings. The van der Waals surface area contributed by atoms with Gasteiger partial charge in [0, 0.05) is 23.3 Å². The van der Waals surface area contributed by atoms with Crippen molar-refractivity contribution in [3.63, 3.8) is 0 Å². The van der Waals surface area contributed by atoms with Crippen LogP contribution in [0, 0.1) is 13.8 Å². The second-order valence-corrected chi connectivity index (χ2v) is 8.26. The molecular weight excluding hydrogens is 400 g/mol. The molecule has 0 unspecified atom stereocenters. The van der Waals surface area contributed by atoms with Crippen LogP contribution in [0.25, 0.3) is 16.5 Å². The highest BCUT2D eigenvalue weighted by molar-refractivity contribution is 5.89. The lowest BCUT2D eigenvalue weighted by Crippen LogP contribution is -2.34. The second-order valence-electron chi connectivity index (χ2n) is 8.26. The van der Waals surface area contributed by atoms with E-state index in [9.17, 15) is 9.59 Å². The first-order valence-electron chi connectivity index (χ1n) is 10.9. The quantitative estimate of drug-likeness (QED) is 0.498. The van der Waals surface area contributed by atoms with Gasteiger partial charge in [0.1, 0.15) is 6.04 Å². The van der Waals surface area contributed by atoms with Crippen LogP contribution in [0.2, 0.25) is 0 Å². The van der Waals surface area contributed by atoms with Crippen molar-refractivity contribution in [3.05, 3.63) is 94.2 Å². The molecule has 164 valence electrons. The summed E-state index contributed by atoms with van der Waals surface area (Å²) in [4.78, 5) is 26.3. The van der Waals surface area contributed by atoms with Gasteiger partial charge >= 0.3 is 0 Å². The standard InChI is InChI=1S/C26H28N4O2/c1-17(21-11-7-5-8-12-21)15-27-25(31)20(4)29-18(2)23-16-28-30(22-13-9-6-10-14-22)26(32)24(23)19(29)3/h5-14,16-17,20H,15H2,1-4H3,(H,27,31)/t17-,20-/m1/s1. The maximum absolute atomic E-state index is 13.3. The first-order chi connectivity index (χ1) is 15.4. The van der Waals surface area contributed by atoms with Gasteiger partial charge in [0.05, 0.1) is 17.3 Å². The van der Waals surface area contributed by atoms with E-state index < -0.39 is 6.04 Å². The van der Waals surface area contributed by atoms with Gasteiger partial charge in [0.25, 0.3) is 5.56 Å². The number of carbonyl (C=O) groups excluding carboxylic acids is 1. The van der Waals surface area contributed by atoms with E-state index in [1.165, 1.54) is 10.2 Å². The summed E-state index contributed by atoms with van der Waals surface area (Å²) in [6.07, 6.45) is 1.71. The van der Waals surface area contributed by atoms with Crippen molar-refractivity contribution in [1.82, 2.24) is 19.7 Å². The van der Waals surface area contributed by atoms with Crippen molar-refractivity contribution < 1.29 is 4.79 Å². The van der Waals surface area contributed by atoms with Gasteiger partial charge < -0.3 is 9.88 Å². The summed E-state index contributed by atoms with van der Waals surface area (Å²) >= 11 is 0. The number of hydrogen-bond acceptors (Lipinski definition) is 3. The molecule has 0 saturated carbocycles. The van der Waals surface area contributed by atoms with Crippen LogP contribution in [0.3, 0.4) is 0 Å². The Labute approximate surface area is 187 Å². The average Bonchev–Trinajstić information content (AvgIpc) is 3.08. The average molecular weight is 429 g/mol. The van der Waals surface area contributed by atoms with Crippen LogP contribution in [-0.2, 0) is 4.79 Å². The number of aryl methyl sites for hydroxylation is 2. The molecule has 1 N–H and O–H groups in total. The van der Waals surface area contributed by atoms with Crippen LogP contribution in [-0.4, -0.2) is 26.8 Å². The minimum atomic E-state index is -0.449. The zero-order chi connectivity index (χ0) is 22.8. The Morgan fingerprint density at radius 3 is 2.25 bits per heavy atom. The summed E-state index contributed by atoms with van der Waals surface area (Å²) in [5.41, 5.74) is 3.35. The van der Waals surface area contributed by atoms with Gasteiger partial charge in [-0.05, 0) is 44.4 Å². The van der Waals surface area contributed by atoms with Crippen LogP contribution >= 0.6 is 0 Å². The van der Waals surface area contributed by atoms with E-state index >= 15 is 0 Å². The molecule has 4 rings (SSSR count). The summed E-state index contributed by atoms with van der Waals surface area (Å²) in [7, 11) is 0. The maximum Gasteiger partial charge on any atom is 0.281 e. The van der Waals surface area contributed by atoms with Crippen molar-refractivity contribution in [2.45, 2.75) is 39.7 Å². The molecule has 2 aromatic heterocycles. The number of benzene rings is 2. The number of amides is 1. The molecule has 0 bridgehead atoms. The topological polar surface area (TPSA) is 68.9 Å². The number of para-hydroxylation sites is 1. The zero-order valence-corrected chi connectivity index (χ0v) is 18.9. The highest BCUT2D eigenvalue weighted by Crippen LogP contribution is 2.26. The number of rotatable bonds is 6. The molecule has 6 heteroatoms. The third-order valence-corrected chi connectivity index (χ3v) is 6.17. The molecule has 0 saturated heterocycles. The molecule has 2 heterocycles. The molecule has 6 nitrogen and oxygen atoms in total. The lowest BCUT2D eigenvalue weighted by Gasteiger charge is -2.20. The summed E-state index contributed by atoms with van der Waals surface area (Å²) in [5.74, 6) is 0.135. The molecule has 2 aromatic carbocycles. The SMILES string of the molecule is Cc1c2cnn(-c3ccccc3)c(=O)c2c(C)n1[C@H](C)C(=O)NC[C@@H](C)c1ccccc1. The summed E-state index contributed by atoms with van der Waals surface area (Å²) in [5, 5.41) is 8.82. The molecule has 0 fully saturated rings. The Balaban J connectivity index is 1.63. The van der Waals surface area contributed by atoms with E-state index in [-0.39, 0.29) is 17.4 Å². The van der Waals surface area contributed by atoms with Gasteiger partial charge in [-0.1, -0.05) is 55.5 Å². The van der Waals surface area contributed by atoms with Crippen LogP contribution < -0.4 is 10.9 Å². The fourth-order valence-corrected chi connectivity index (χ4v) is 4.33. The number of aromatic nitrogens is 3. The van der Waals surface area contributed by atoms with Gasteiger partial charge in [-0.25, -0.2) is 0 Å². The van der Waals surface area contributed by atoms with Gasteiger partial charge in [-0.15, -0.1) is 0 Å². The molecule has 2 atom stereocenters. The van der Waals surface area contributed by atoms with Crippen molar-refractivity contribution in [2.24, 2.45) is 0 Å². The fraction of sp³-hybridized carbons (Fsp3) is 0.269. The second kappa shape index (κ2) is 8.83. The van der Waals surface area contributed by atoms with Crippen molar-refractivity contribution in [2.75, 3.05) is 6.54 Å². The minimum Gasteiger partial charge on any atom is -0.354 e. The smallest absolute Gasteiger partial charge is 0.281 e. The molecule has 0 aliphatic heterocycles. The van der Waals surface area contributed by atoms with Gasteiger partial charge in [-0.2, -0.15) is 9.78 Å². The third-order valence-electron chi connectivity index (χ3n) is 6.17. The van der Waals surface area contributed by atoms with Gasteiger partial charge in [0.2, 0.25) is 5.91 Å². The third kappa shape index (κ3) is 3.84. The predicted molar refractivity (Wildman–Crippen MR) is 127 cm³/mol. The predicted octanol–water partition coefficient (Wildman–Crippen LogP) is 4.28. The van der Waals surface area contributed by atoms with Gasteiger partial charge in [-0.3, -0.25) is 9.59 Å². The van der Waals surface area contributed by atoms with Gasteiger partial charge in [0.15, 0.2) is 0 Å². The molecule has 32 heavy (non-hydrogen) atoms. The minimum absolute atomic E-state index is 0.0735. The summed E-state index contributed by atoms with van der Waals surface area (Å²) in [6, 6.07) is 19.0. The molecular formula is C26H28N4O2. The zero-order valence-electron chi connectivity index (χ0n) is 18.9. The Morgan fingerprint density at radius 2 is 1.59 bits per heavy atom. The van der Waals surface area contributed by atoms with Crippen LogP contribution in [0.1, 0.15) is 42.8 Å². The van der Waals surface area contributed by atoms with Crippen molar-refractivity contribution in [3.8, 4) is 5.69 Å². The molecule has 0 spiro atoms. The Bertz CT molecular complexity index is 1310. The van der Waals surface area contributed by atoms with Crippen molar-refractivity contribution >= 4 is 16.7 Å². The van der Waals surface area contributed by atoms with E-state index in [0.717, 1.165) is 16.8 Å². The first-order valence-corrected chi connectivity index (χ1v) is 10.9. The van der Waals surface area contributed by atoms with E-state index in [4.69, 9.17) is 0 Å². The molecule has 0 aliphatic carbocycles. The molecule has 1 amide bonds. The van der Waals surface area contributed by atoms with Crippen LogP contribution in [0.5, 0.6) is 0 Å². The number of nitrogens with zero attached hydrogens (tertiary/aromatic N) is 3. The maximum atomic E-state index is 13.3. The summed E-state index contributed by atoms with van der Waals surface area (Å²) in [6.45, 7) is 8.33. The lowest BCUT2D eigenvalue weighted by molar-refractivity contribution is -0.124. The summed E-state index contributed by atoms with van der Waals surface area (Å²) < 4.78 is 3.34. The van der Waals surface area contributed by atoms with E-state index in [1.807, 2.05) is 73.9 Å². The molecule has 4 aromatic rings. The van der Waals surface area contributed by atoms with E-state index in [2.05, 4.69) is 29.5 Å². The normalized spacial score (nSPS) is 13.1. The first kappa shape index (κ1) is 21.6.